The number of hydrogen-bond acceptors (Lipinski definition) is 4. The van der Waals surface area contributed by atoms with E-state index in [1.807, 2.05) is 18.2 Å². The standard InChI is InChI=1S/C25H18BrN3O4S/c1-29(34(32,33)18-5-3-2-4-6-18)17-10-7-15(8-11-17)23-24-20(14-22(28-23)25(30)31)19-12-9-16(26)13-21(19)27-24/h2-14,27H,1H3,(H,30,31). The maximum atomic E-state index is 12.9. The van der Waals surface area contributed by atoms with Crippen LogP contribution in [0.15, 0.2) is 88.2 Å². The van der Waals surface area contributed by atoms with Crippen LogP contribution in [0.2, 0.25) is 0 Å². The van der Waals surface area contributed by atoms with Crippen LogP contribution in [0.5, 0.6) is 0 Å². The van der Waals surface area contributed by atoms with Crippen LogP contribution < -0.4 is 4.31 Å². The first-order chi connectivity index (χ1) is 16.3. The molecule has 5 rings (SSSR count). The van der Waals surface area contributed by atoms with Gasteiger partial charge in [0.25, 0.3) is 10.0 Å². The number of anilines is 1. The van der Waals surface area contributed by atoms with Gasteiger partial charge < -0.3 is 10.1 Å². The summed E-state index contributed by atoms with van der Waals surface area (Å²) in [7, 11) is -2.22. The predicted molar refractivity (Wildman–Crippen MR) is 136 cm³/mol. The Bertz CT molecular complexity index is 1660. The van der Waals surface area contributed by atoms with Gasteiger partial charge in [0.1, 0.15) is 5.69 Å². The number of aromatic amines is 1. The van der Waals surface area contributed by atoms with Crippen LogP contribution in [-0.2, 0) is 10.0 Å². The van der Waals surface area contributed by atoms with Crippen LogP contribution in [0, 0.1) is 0 Å². The summed E-state index contributed by atoms with van der Waals surface area (Å²) in [6.07, 6.45) is 0. The van der Waals surface area contributed by atoms with Gasteiger partial charge in [-0.15, -0.1) is 0 Å². The Morgan fingerprint density at radius 2 is 1.68 bits per heavy atom. The minimum absolute atomic E-state index is 0.0702. The Balaban J connectivity index is 1.62. The van der Waals surface area contributed by atoms with Crippen molar-refractivity contribution in [3.8, 4) is 11.3 Å². The van der Waals surface area contributed by atoms with Crippen LogP contribution in [0.4, 0.5) is 5.69 Å². The molecular weight excluding hydrogens is 518 g/mol. The van der Waals surface area contributed by atoms with Crippen LogP contribution in [-0.4, -0.2) is 36.5 Å². The largest absolute Gasteiger partial charge is 0.477 e. The highest BCUT2D eigenvalue weighted by Gasteiger charge is 2.22. The summed E-state index contributed by atoms with van der Waals surface area (Å²) in [6, 6.07) is 22.3. The maximum absolute atomic E-state index is 12.9. The average Bonchev–Trinajstić information content (AvgIpc) is 3.21. The third kappa shape index (κ3) is 3.72. The summed E-state index contributed by atoms with van der Waals surface area (Å²) in [5.74, 6) is -1.13. The molecule has 0 saturated heterocycles. The van der Waals surface area contributed by atoms with Gasteiger partial charge in [-0.2, -0.15) is 0 Å². The molecule has 0 aliphatic rings. The first-order valence-electron chi connectivity index (χ1n) is 10.3. The van der Waals surface area contributed by atoms with Gasteiger partial charge in [-0.1, -0.05) is 52.3 Å². The molecule has 0 aliphatic carbocycles. The number of fused-ring (bicyclic) bond motifs is 3. The normalized spacial score (nSPS) is 11.7. The fraction of sp³-hybridized carbons (Fsp3) is 0.0400. The first-order valence-corrected chi connectivity index (χ1v) is 12.5. The number of rotatable bonds is 5. The number of aromatic nitrogens is 2. The molecule has 2 aromatic heterocycles. The minimum Gasteiger partial charge on any atom is -0.477 e. The Morgan fingerprint density at radius 1 is 0.971 bits per heavy atom. The maximum Gasteiger partial charge on any atom is 0.354 e. The summed E-state index contributed by atoms with van der Waals surface area (Å²) in [6.45, 7) is 0. The van der Waals surface area contributed by atoms with E-state index in [0.29, 0.717) is 22.5 Å². The number of carbonyl (C=O) groups is 1. The van der Waals surface area contributed by atoms with Crippen molar-refractivity contribution in [1.82, 2.24) is 9.97 Å². The molecule has 2 N–H and O–H groups in total. The van der Waals surface area contributed by atoms with Gasteiger partial charge in [0, 0.05) is 33.4 Å². The number of nitrogens with zero attached hydrogens (tertiary/aromatic N) is 2. The van der Waals surface area contributed by atoms with Gasteiger partial charge in [-0.05, 0) is 42.5 Å². The average molecular weight is 536 g/mol. The molecule has 0 unspecified atom stereocenters. The molecule has 2 heterocycles. The molecular formula is C25H18BrN3O4S. The fourth-order valence-corrected chi connectivity index (χ4v) is 5.49. The highest BCUT2D eigenvalue weighted by Crippen LogP contribution is 2.35. The number of hydrogen-bond donors (Lipinski definition) is 2. The third-order valence-electron chi connectivity index (χ3n) is 5.68. The van der Waals surface area contributed by atoms with E-state index in [-0.39, 0.29) is 10.6 Å². The lowest BCUT2D eigenvalue weighted by atomic mass is 10.1. The van der Waals surface area contributed by atoms with Gasteiger partial charge in [0.15, 0.2) is 0 Å². The van der Waals surface area contributed by atoms with E-state index in [4.69, 9.17) is 0 Å². The highest BCUT2D eigenvalue weighted by atomic mass is 79.9. The van der Waals surface area contributed by atoms with Crippen molar-refractivity contribution >= 4 is 59.4 Å². The van der Waals surface area contributed by atoms with E-state index in [1.165, 1.54) is 11.4 Å². The molecule has 5 aromatic rings. The molecule has 0 bridgehead atoms. The van der Waals surface area contributed by atoms with Gasteiger partial charge >= 0.3 is 5.97 Å². The van der Waals surface area contributed by atoms with Crippen LogP contribution in [0.25, 0.3) is 33.1 Å². The molecule has 0 radical (unpaired) electrons. The number of benzene rings is 3. The first kappa shape index (κ1) is 22.1. The Hall–Kier alpha value is -3.69. The Labute approximate surface area is 203 Å². The Morgan fingerprint density at radius 3 is 2.35 bits per heavy atom. The van der Waals surface area contributed by atoms with Crippen molar-refractivity contribution < 1.29 is 18.3 Å². The van der Waals surface area contributed by atoms with Crippen LogP contribution >= 0.6 is 15.9 Å². The van der Waals surface area contributed by atoms with E-state index in [1.54, 1.807) is 60.7 Å². The number of H-pyrrole nitrogens is 1. The molecule has 0 amide bonds. The quantitative estimate of drug-likeness (QED) is 0.301. The number of nitrogens with one attached hydrogen (secondary N) is 1. The number of halogens is 1. The zero-order valence-corrected chi connectivity index (χ0v) is 20.3. The number of sulfonamides is 1. The summed E-state index contributed by atoms with van der Waals surface area (Å²) >= 11 is 3.46. The van der Waals surface area contributed by atoms with Crippen molar-refractivity contribution in [2.24, 2.45) is 0 Å². The van der Waals surface area contributed by atoms with Crippen molar-refractivity contribution in [3.05, 3.63) is 89.0 Å². The SMILES string of the molecule is CN(c1ccc(-c2nc(C(=O)O)cc3c2[nH]c2cc(Br)ccc23)cc1)S(=O)(=O)c1ccccc1. The molecule has 170 valence electrons. The van der Waals surface area contributed by atoms with Gasteiger partial charge in [-0.25, -0.2) is 18.2 Å². The number of carboxylic acid groups (broad SMARTS) is 1. The van der Waals surface area contributed by atoms with E-state index < -0.39 is 16.0 Å². The van der Waals surface area contributed by atoms with Crippen molar-refractivity contribution in [1.29, 1.82) is 0 Å². The van der Waals surface area contributed by atoms with Crippen LogP contribution in [0.3, 0.4) is 0 Å². The number of carboxylic acids is 1. The predicted octanol–water partition coefficient (Wildman–Crippen LogP) is 5.67. The number of aromatic carboxylic acids is 1. The second-order valence-electron chi connectivity index (χ2n) is 7.73. The lowest BCUT2D eigenvalue weighted by Gasteiger charge is -2.19. The van der Waals surface area contributed by atoms with E-state index in [9.17, 15) is 18.3 Å². The molecule has 34 heavy (non-hydrogen) atoms. The molecule has 0 atom stereocenters. The third-order valence-corrected chi connectivity index (χ3v) is 7.97. The van der Waals surface area contributed by atoms with Crippen molar-refractivity contribution in [2.45, 2.75) is 4.90 Å². The second kappa shape index (κ2) is 8.27. The molecule has 0 saturated carbocycles. The molecule has 9 heteroatoms. The van der Waals surface area contributed by atoms with Crippen molar-refractivity contribution in [2.75, 3.05) is 11.4 Å². The number of pyridine rings is 1. The summed E-state index contributed by atoms with van der Waals surface area (Å²) in [5.41, 5.74) is 3.09. The zero-order chi connectivity index (χ0) is 24.0. The molecule has 3 aromatic carbocycles. The van der Waals surface area contributed by atoms with Gasteiger partial charge in [0.05, 0.1) is 21.8 Å². The molecule has 0 spiro atoms. The summed E-state index contributed by atoms with van der Waals surface area (Å²) in [5, 5.41) is 11.3. The smallest absolute Gasteiger partial charge is 0.354 e. The lowest BCUT2D eigenvalue weighted by molar-refractivity contribution is 0.0691. The molecule has 7 nitrogen and oxygen atoms in total. The van der Waals surface area contributed by atoms with E-state index in [0.717, 1.165) is 20.8 Å². The van der Waals surface area contributed by atoms with Crippen molar-refractivity contribution in [3.63, 3.8) is 0 Å². The second-order valence-corrected chi connectivity index (χ2v) is 10.6. The summed E-state index contributed by atoms with van der Waals surface area (Å²) in [4.78, 5) is 19.7. The highest BCUT2D eigenvalue weighted by molar-refractivity contribution is 9.10. The van der Waals surface area contributed by atoms with Crippen LogP contribution in [0.1, 0.15) is 10.5 Å². The fourth-order valence-electron chi connectivity index (χ4n) is 3.91. The topological polar surface area (TPSA) is 103 Å². The van der Waals surface area contributed by atoms with E-state index in [2.05, 4.69) is 25.9 Å². The molecule has 0 aliphatic heterocycles. The van der Waals surface area contributed by atoms with Gasteiger partial charge in [0.2, 0.25) is 0 Å². The zero-order valence-electron chi connectivity index (χ0n) is 17.9. The van der Waals surface area contributed by atoms with E-state index >= 15 is 0 Å². The summed E-state index contributed by atoms with van der Waals surface area (Å²) < 4.78 is 28.0. The van der Waals surface area contributed by atoms with Gasteiger partial charge in [-0.3, -0.25) is 4.31 Å². The lowest BCUT2D eigenvalue weighted by Crippen LogP contribution is -2.26. The monoisotopic (exact) mass is 535 g/mol. The minimum atomic E-state index is -3.71. The Kier molecular flexibility index (Phi) is 5.38. The molecule has 0 fully saturated rings.